The van der Waals surface area contributed by atoms with Crippen LogP contribution in [0.1, 0.15) is 30.7 Å². The smallest absolute Gasteiger partial charge is 0.319 e. The molecular weight excluding hydrogens is 340 g/mol. The molecule has 2 aromatic rings. The van der Waals surface area contributed by atoms with Crippen molar-refractivity contribution in [2.45, 2.75) is 32.7 Å². The zero-order valence-electron chi connectivity index (χ0n) is 14.6. The molecule has 1 aromatic carbocycles. The minimum atomic E-state index is -0.828. The number of benzene rings is 1. The number of hydrogen-bond donors (Lipinski definition) is 2. The minimum Gasteiger partial charge on any atom is -0.341 e. The second kappa shape index (κ2) is 8.07. The third-order valence-electron chi connectivity index (χ3n) is 4.14. The van der Waals surface area contributed by atoms with E-state index in [0.29, 0.717) is 17.7 Å². The third kappa shape index (κ3) is 4.65. The van der Waals surface area contributed by atoms with Crippen molar-refractivity contribution in [3.05, 3.63) is 47.3 Å². The molecule has 0 radical (unpaired) electrons. The van der Waals surface area contributed by atoms with E-state index in [2.05, 4.69) is 25.5 Å². The van der Waals surface area contributed by atoms with E-state index in [1.165, 1.54) is 12.5 Å². The fraction of sp³-hybridized carbons (Fsp3) is 0.389. The minimum absolute atomic E-state index is 0.0863. The number of hydrogen-bond acceptors (Lipinski definition) is 4. The number of rotatable bonds is 4. The summed E-state index contributed by atoms with van der Waals surface area (Å²) >= 11 is 0. The number of aromatic nitrogens is 2. The van der Waals surface area contributed by atoms with Gasteiger partial charge in [-0.2, -0.15) is 0 Å². The molecule has 1 aromatic heterocycles. The summed E-state index contributed by atoms with van der Waals surface area (Å²) in [6.07, 6.45) is 3.46. The van der Waals surface area contributed by atoms with Crippen LogP contribution in [-0.4, -0.2) is 29.1 Å². The Morgan fingerprint density at radius 1 is 1.15 bits per heavy atom. The predicted molar refractivity (Wildman–Crippen MR) is 95.0 cm³/mol. The number of carbonyl (C=O) groups excluding carboxylic acids is 1. The zero-order valence-corrected chi connectivity index (χ0v) is 14.6. The summed E-state index contributed by atoms with van der Waals surface area (Å²) in [4.78, 5) is 23.1. The monoisotopic (exact) mass is 361 g/mol. The molecule has 0 spiro atoms. The van der Waals surface area contributed by atoms with E-state index in [0.717, 1.165) is 37.7 Å². The summed E-state index contributed by atoms with van der Waals surface area (Å²) in [6.45, 7) is 3.92. The number of aryl methyl sites for hydroxylation is 1. The van der Waals surface area contributed by atoms with Crippen molar-refractivity contribution in [3.8, 4) is 0 Å². The fourth-order valence-corrected chi connectivity index (χ4v) is 2.87. The highest BCUT2D eigenvalue weighted by molar-refractivity contribution is 5.89. The first-order valence-corrected chi connectivity index (χ1v) is 8.61. The molecule has 0 atom stereocenters. The van der Waals surface area contributed by atoms with E-state index in [1.54, 1.807) is 6.07 Å². The summed E-state index contributed by atoms with van der Waals surface area (Å²) in [7, 11) is 0. The molecule has 6 nitrogen and oxygen atoms in total. The van der Waals surface area contributed by atoms with E-state index in [1.807, 2.05) is 6.92 Å². The van der Waals surface area contributed by atoms with Crippen LogP contribution < -0.4 is 15.5 Å². The molecule has 3 rings (SSSR count). The van der Waals surface area contributed by atoms with Gasteiger partial charge in [-0.3, -0.25) is 0 Å². The van der Waals surface area contributed by atoms with E-state index >= 15 is 0 Å². The molecule has 1 aliphatic heterocycles. The van der Waals surface area contributed by atoms with Crippen molar-refractivity contribution in [1.82, 2.24) is 15.3 Å². The van der Waals surface area contributed by atoms with Crippen LogP contribution in [0.5, 0.6) is 0 Å². The molecule has 2 heterocycles. The number of piperidine rings is 1. The Kier molecular flexibility index (Phi) is 5.60. The van der Waals surface area contributed by atoms with Crippen LogP contribution >= 0.6 is 0 Å². The standard InChI is InChI=1S/C18H21F2N5O/c1-12-9-14(23-17(22-12)25-7-3-2-4-8-25)11-21-18(26)24-16-6-5-13(19)10-15(16)20/h5-6,9-10H,2-4,7-8,11H2,1H3,(H2,21,24,26). The first-order chi connectivity index (χ1) is 12.5. The average Bonchev–Trinajstić information content (AvgIpc) is 2.63. The topological polar surface area (TPSA) is 70.2 Å². The van der Waals surface area contributed by atoms with Gasteiger partial charge in [0.15, 0.2) is 0 Å². The summed E-state index contributed by atoms with van der Waals surface area (Å²) in [5.41, 5.74) is 1.41. The number of nitrogens with one attached hydrogen (secondary N) is 2. The first kappa shape index (κ1) is 18.0. The van der Waals surface area contributed by atoms with Crippen LogP contribution in [0.15, 0.2) is 24.3 Å². The van der Waals surface area contributed by atoms with E-state index in [-0.39, 0.29) is 12.2 Å². The van der Waals surface area contributed by atoms with Crippen LogP contribution in [0.3, 0.4) is 0 Å². The molecule has 0 aliphatic carbocycles. The highest BCUT2D eigenvalue weighted by Crippen LogP contribution is 2.17. The van der Waals surface area contributed by atoms with Gasteiger partial charge in [0.1, 0.15) is 11.6 Å². The predicted octanol–water partition coefficient (Wildman–Crippen LogP) is 3.38. The first-order valence-electron chi connectivity index (χ1n) is 8.61. The number of urea groups is 1. The van der Waals surface area contributed by atoms with Crippen LogP contribution in [0.4, 0.5) is 25.2 Å². The van der Waals surface area contributed by atoms with Crippen molar-refractivity contribution < 1.29 is 13.6 Å². The number of halogens is 2. The molecule has 26 heavy (non-hydrogen) atoms. The molecule has 1 saturated heterocycles. The highest BCUT2D eigenvalue weighted by atomic mass is 19.1. The van der Waals surface area contributed by atoms with Gasteiger partial charge in [0.25, 0.3) is 0 Å². The zero-order chi connectivity index (χ0) is 18.5. The highest BCUT2D eigenvalue weighted by Gasteiger charge is 2.15. The molecular formula is C18H21F2N5O. The van der Waals surface area contributed by atoms with Crippen LogP contribution in [0.25, 0.3) is 0 Å². The molecule has 2 N–H and O–H groups in total. The average molecular weight is 361 g/mol. The van der Waals surface area contributed by atoms with Gasteiger partial charge in [-0.25, -0.2) is 23.5 Å². The maximum Gasteiger partial charge on any atom is 0.319 e. The second-order valence-electron chi connectivity index (χ2n) is 6.28. The molecule has 1 aliphatic rings. The summed E-state index contributed by atoms with van der Waals surface area (Å²) in [5.74, 6) is -0.855. The van der Waals surface area contributed by atoms with Crippen molar-refractivity contribution >= 4 is 17.7 Å². The Hall–Kier alpha value is -2.77. The molecule has 1 fully saturated rings. The second-order valence-corrected chi connectivity index (χ2v) is 6.28. The maximum absolute atomic E-state index is 13.6. The Morgan fingerprint density at radius 3 is 2.65 bits per heavy atom. The van der Waals surface area contributed by atoms with Gasteiger partial charge in [-0.1, -0.05) is 0 Å². The van der Waals surface area contributed by atoms with Gasteiger partial charge in [0.2, 0.25) is 5.95 Å². The fourth-order valence-electron chi connectivity index (χ4n) is 2.87. The molecule has 2 amide bonds. The van der Waals surface area contributed by atoms with E-state index < -0.39 is 17.7 Å². The number of nitrogens with zero attached hydrogens (tertiary/aromatic N) is 3. The van der Waals surface area contributed by atoms with Gasteiger partial charge < -0.3 is 15.5 Å². The van der Waals surface area contributed by atoms with Gasteiger partial charge in [0, 0.05) is 24.8 Å². The molecule has 8 heteroatoms. The van der Waals surface area contributed by atoms with Crippen molar-refractivity contribution in [3.63, 3.8) is 0 Å². The molecule has 0 unspecified atom stereocenters. The number of anilines is 2. The summed E-state index contributed by atoms with van der Waals surface area (Å²) in [6, 6.07) is 4.18. The van der Waals surface area contributed by atoms with Crippen LogP contribution in [0.2, 0.25) is 0 Å². The van der Waals surface area contributed by atoms with Gasteiger partial charge >= 0.3 is 6.03 Å². The lowest BCUT2D eigenvalue weighted by Gasteiger charge is -2.27. The normalized spacial score (nSPS) is 14.2. The van der Waals surface area contributed by atoms with E-state index in [4.69, 9.17) is 0 Å². The lowest BCUT2D eigenvalue weighted by atomic mass is 10.1. The Bertz CT molecular complexity index is 793. The molecule has 0 bridgehead atoms. The van der Waals surface area contributed by atoms with Gasteiger partial charge in [-0.05, 0) is 44.4 Å². The lowest BCUT2D eigenvalue weighted by Crippen LogP contribution is -2.32. The molecule has 138 valence electrons. The molecule has 0 saturated carbocycles. The lowest BCUT2D eigenvalue weighted by molar-refractivity contribution is 0.251. The summed E-state index contributed by atoms with van der Waals surface area (Å²) < 4.78 is 26.5. The number of amides is 2. The van der Waals surface area contributed by atoms with Crippen molar-refractivity contribution in [1.29, 1.82) is 0 Å². The van der Waals surface area contributed by atoms with E-state index in [9.17, 15) is 13.6 Å². The SMILES string of the molecule is Cc1cc(CNC(=O)Nc2ccc(F)cc2F)nc(N2CCCCC2)n1. The Balaban J connectivity index is 1.61. The van der Waals surface area contributed by atoms with Crippen molar-refractivity contribution in [2.75, 3.05) is 23.3 Å². The Morgan fingerprint density at radius 2 is 1.92 bits per heavy atom. The number of carbonyl (C=O) groups is 1. The van der Waals surface area contributed by atoms with Crippen LogP contribution in [0, 0.1) is 18.6 Å². The Labute approximate surface area is 150 Å². The van der Waals surface area contributed by atoms with Gasteiger partial charge in [-0.15, -0.1) is 0 Å². The summed E-state index contributed by atoms with van der Waals surface area (Å²) in [5, 5.41) is 4.98. The van der Waals surface area contributed by atoms with Crippen LogP contribution in [-0.2, 0) is 6.54 Å². The quantitative estimate of drug-likeness (QED) is 0.876. The van der Waals surface area contributed by atoms with Crippen molar-refractivity contribution in [2.24, 2.45) is 0 Å². The largest absolute Gasteiger partial charge is 0.341 e. The third-order valence-corrected chi connectivity index (χ3v) is 4.14. The van der Waals surface area contributed by atoms with Gasteiger partial charge in [0.05, 0.1) is 17.9 Å². The maximum atomic E-state index is 13.6.